The summed E-state index contributed by atoms with van der Waals surface area (Å²) in [6, 6.07) is 14.7. The van der Waals surface area contributed by atoms with Crippen LogP contribution < -0.4 is 0 Å². The first kappa shape index (κ1) is 9.80. The molecule has 0 spiro atoms. The van der Waals surface area contributed by atoms with E-state index in [1.807, 2.05) is 0 Å². The second-order valence-electron chi connectivity index (χ2n) is 3.61. The molecule has 0 heteroatoms. The first-order valence-electron chi connectivity index (χ1n) is 5.38. The van der Waals surface area contributed by atoms with Crippen LogP contribution in [0.15, 0.2) is 42.5 Å². The van der Waals surface area contributed by atoms with Gasteiger partial charge < -0.3 is 0 Å². The zero-order chi connectivity index (χ0) is 10.5. The third-order valence-corrected chi connectivity index (χ3v) is 2.36. The van der Waals surface area contributed by atoms with Gasteiger partial charge in [0.05, 0.1) is 0 Å². The molecule has 0 aliphatic heterocycles. The van der Waals surface area contributed by atoms with Gasteiger partial charge in [0, 0.05) is 12.0 Å². The highest BCUT2D eigenvalue weighted by molar-refractivity contribution is 5.83. The number of unbranched alkanes of at least 4 members (excludes halogenated alkanes) is 1. The monoisotopic (exact) mass is 194 g/mol. The third kappa shape index (κ3) is 2.39. The molecule has 74 valence electrons. The van der Waals surface area contributed by atoms with Crippen molar-refractivity contribution in [3.8, 4) is 11.8 Å². The SMILES string of the molecule is CCCC#Cc1ccc2ccccc2c1. The topological polar surface area (TPSA) is 0 Å². The number of hydrogen-bond donors (Lipinski definition) is 0. The lowest BCUT2D eigenvalue weighted by atomic mass is 10.1. The van der Waals surface area contributed by atoms with Gasteiger partial charge in [-0.1, -0.05) is 49.1 Å². The molecule has 2 aromatic rings. The molecule has 0 unspecified atom stereocenters. The summed E-state index contributed by atoms with van der Waals surface area (Å²) in [4.78, 5) is 0. The molecule has 0 saturated carbocycles. The lowest BCUT2D eigenvalue weighted by Gasteiger charge is -1.97. The molecular weight excluding hydrogens is 180 g/mol. The van der Waals surface area contributed by atoms with E-state index < -0.39 is 0 Å². The van der Waals surface area contributed by atoms with E-state index >= 15 is 0 Å². The minimum Gasteiger partial charge on any atom is -0.0979 e. The summed E-state index contributed by atoms with van der Waals surface area (Å²) in [6.45, 7) is 2.15. The van der Waals surface area contributed by atoms with Crippen LogP contribution in [0, 0.1) is 11.8 Å². The van der Waals surface area contributed by atoms with Crippen molar-refractivity contribution in [2.24, 2.45) is 0 Å². The van der Waals surface area contributed by atoms with Crippen LogP contribution in [0.3, 0.4) is 0 Å². The Hall–Kier alpha value is -1.74. The van der Waals surface area contributed by atoms with E-state index in [0.29, 0.717) is 0 Å². The maximum atomic E-state index is 3.19. The van der Waals surface area contributed by atoms with Gasteiger partial charge >= 0.3 is 0 Å². The van der Waals surface area contributed by atoms with Gasteiger partial charge in [0.2, 0.25) is 0 Å². The summed E-state index contributed by atoms with van der Waals surface area (Å²) in [5.41, 5.74) is 1.11. The Kier molecular flexibility index (Phi) is 3.05. The molecule has 0 saturated heterocycles. The number of benzene rings is 2. The molecule has 0 nitrogen and oxygen atoms in total. The van der Waals surface area contributed by atoms with Gasteiger partial charge in [0.1, 0.15) is 0 Å². The molecule has 0 radical (unpaired) electrons. The van der Waals surface area contributed by atoms with Crippen molar-refractivity contribution < 1.29 is 0 Å². The van der Waals surface area contributed by atoms with Gasteiger partial charge in [-0.3, -0.25) is 0 Å². The van der Waals surface area contributed by atoms with Gasteiger partial charge in [-0.05, 0) is 29.3 Å². The highest BCUT2D eigenvalue weighted by Crippen LogP contribution is 2.14. The largest absolute Gasteiger partial charge is 0.0979 e. The standard InChI is InChI=1S/C15H14/c1-2-3-4-7-13-10-11-14-8-5-6-9-15(14)12-13/h5-6,8-12H,2-3H2,1H3. The maximum absolute atomic E-state index is 3.19. The zero-order valence-corrected chi connectivity index (χ0v) is 8.96. The van der Waals surface area contributed by atoms with Crippen LogP contribution in [0.2, 0.25) is 0 Å². The molecule has 0 N–H and O–H groups in total. The molecule has 0 bridgehead atoms. The second kappa shape index (κ2) is 4.66. The summed E-state index contributed by atoms with van der Waals surface area (Å²) in [5, 5.41) is 2.54. The molecule has 15 heavy (non-hydrogen) atoms. The van der Waals surface area contributed by atoms with Crippen LogP contribution in [0.4, 0.5) is 0 Å². The predicted octanol–water partition coefficient (Wildman–Crippen LogP) is 3.99. The van der Waals surface area contributed by atoms with Gasteiger partial charge in [0.25, 0.3) is 0 Å². The Labute approximate surface area is 90.9 Å². The number of fused-ring (bicyclic) bond motifs is 1. The fourth-order valence-corrected chi connectivity index (χ4v) is 1.56. The van der Waals surface area contributed by atoms with E-state index in [2.05, 4.69) is 61.2 Å². The van der Waals surface area contributed by atoms with E-state index in [-0.39, 0.29) is 0 Å². The van der Waals surface area contributed by atoms with Crippen molar-refractivity contribution in [3.63, 3.8) is 0 Å². The lowest BCUT2D eigenvalue weighted by molar-refractivity contribution is 0.983. The Bertz CT molecular complexity index is 512. The molecule has 0 amide bonds. The molecule has 2 aromatic carbocycles. The normalized spacial score (nSPS) is 9.67. The van der Waals surface area contributed by atoms with Crippen LogP contribution in [-0.4, -0.2) is 0 Å². The molecular formula is C15H14. The van der Waals surface area contributed by atoms with E-state index in [4.69, 9.17) is 0 Å². The van der Waals surface area contributed by atoms with Crippen molar-refractivity contribution in [2.45, 2.75) is 19.8 Å². The summed E-state index contributed by atoms with van der Waals surface area (Å²) in [7, 11) is 0. The van der Waals surface area contributed by atoms with Gasteiger partial charge in [0.15, 0.2) is 0 Å². The maximum Gasteiger partial charge on any atom is 0.0251 e. The van der Waals surface area contributed by atoms with Gasteiger partial charge in [-0.25, -0.2) is 0 Å². The molecule has 0 aromatic heterocycles. The first-order chi connectivity index (χ1) is 7.40. The van der Waals surface area contributed by atoms with Crippen LogP contribution in [0.25, 0.3) is 10.8 Å². The average Bonchev–Trinajstić information content (AvgIpc) is 2.29. The van der Waals surface area contributed by atoms with Crippen molar-refractivity contribution in [1.82, 2.24) is 0 Å². The minimum atomic E-state index is 0.979. The van der Waals surface area contributed by atoms with Crippen molar-refractivity contribution in [2.75, 3.05) is 0 Å². The highest BCUT2D eigenvalue weighted by atomic mass is 14.0. The van der Waals surface area contributed by atoms with Crippen LogP contribution in [-0.2, 0) is 0 Å². The number of rotatable bonds is 1. The van der Waals surface area contributed by atoms with Gasteiger partial charge in [-0.2, -0.15) is 0 Å². The Balaban J connectivity index is 2.36. The smallest absolute Gasteiger partial charge is 0.0251 e. The van der Waals surface area contributed by atoms with Crippen LogP contribution in [0.5, 0.6) is 0 Å². The van der Waals surface area contributed by atoms with Crippen molar-refractivity contribution in [1.29, 1.82) is 0 Å². The fourth-order valence-electron chi connectivity index (χ4n) is 1.56. The Morgan fingerprint density at radius 3 is 2.60 bits per heavy atom. The fraction of sp³-hybridized carbons (Fsp3) is 0.200. The molecule has 0 aliphatic carbocycles. The summed E-state index contributed by atoms with van der Waals surface area (Å²) in [5.74, 6) is 6.35. The lowest BCUT2D eigenvalue weighted by Crippen LogP contribution is -1.76. The average molecular weight is 194 g/mol. The van der Waals surface area contributed by atoms with Gasteiger partial charge in [-0.15, -0.1) is 0 Å². The van der Waals surface area contributed by atoms with E-state index in [1.54, 1.807) is 0 Å². The predicted molar refractivity (Wildman–Crippen MR) is 65.7 cm³/mol. The van der Waals surface area contributed by atoms with E-state index in [1.165, 1.54) is 10.8 Å². The van der Waals surface area contributed by atoms with E-state index in [9.17, 15) is 0 Å². The summed E-state index contributed by atoms with van der Waals surface area (Å²) >= 11 is 0. The minimum absolute atomic E-state index is 0.979. The van der Waals surface area contributed by atoms with E-state index in [0.717, 1.165) is 18.4 Å². The third-order valence-electron chi connectivity index (χ3n) is 2.36. The van der Waals surface area contributed by atoms with Crippen molar-refractivity contribution in [3.05, 3.63) is 48.0 Å². The second-order valence-corrected chi connectivity index (χ2v) is 3.61. The summed E-state index contributed by atoms with van der Waals surface area (Å²) in [6.07, 6.45) is 2.10. The molecule has 0 aliphatic rings. The Morgan fingerprint density at radius 2 is 1.80 bits per heavy atom. The van der Waals surface area contributed by atoms with Crippen molar-refractivity contribution >= 4 is 10.8 Å². The molecule has 0 heterocycles. The molecule has 0 fully saturated rings. The number of hydrogen-bond acceptors (Lipinski definition) is 0. The quantitative estimate of drug-likeness (QED) is 0.602. The molecule has 2 rings (SSSR count). The zero-order valence-electron chi connectivity index (χ0n) is 8.96. The van der Waals surface area contributed by atoms with Crippen LogP contribution in [0.1, 0.15) is 25.3 Å². The first-order valence-corrected chi connectivity index (χ1v) is 5.38. The van der Waals surface area contributed by atoms with Crippen LogP contribution >= 0.6 is 0 Å². The highest BCUT2D eigenvalue weighted by Gasteiger charge is 1.92. The Morgan fingerprint density at radius 1 is 1.00 bits per heavy atom. The molecule has 0 atom stereocenters. The summed E-state index contributed by atoms with van der Waals surface area (Å²) < 4.78 is 0.